The van der Waals surface area contributed by atoms with Gasteiger partial charge in [-0.1, -0.05) is 18.2 Å². The molecule has 4 rings (SSSR count). The molecule has 0 saturated carbocycles. The molecule has 1 aliphatic heterocycles. The Labute approximate surface area is 152 Å². The van der Waals surface area contributed by atoms with Crippen molar-refractivity contribution in [2.45, 2.75) is 25.3 Å². The fourth-order valence-electron chi connectivity index (χ4n) is 3.98. The molecule has 0 amide bonds. The molecule has 0 spiro atoms. The highest BCUT2D eigenvalue weighted by atomic mass is 16.6. The van der Waals surface area contributed by atoms with Crippen LogP contribution in [0.15, 0.2) is 36.4 Å². The maximum Gasteiger partial charge on any atom is 0.343 e. The summed E-state index contributed by atoms with van der Waals surface area (Å²) >= 11 is 0. The lowest BCUT2D eigenvalue weighted by molar-refractivity contribution is 0.0724. The minimum Gasteiger partial charge on any atom is -0.493 e. The van der Waals surface area contributed by atoms with E-state index in [-0.39, 0.29) is 17.6 Å². The molecule has 2 aromatic carbocycles. The number of nitrogens with zero attached hydrogens (tertiary/aromatic N) is 1. The highest BCUT2D eigenvalue weighted by Gasteiger charge is 2.37. The van der Waals surface area contributed by atoms with E-state index in [1.54, 1.807) is 24.3 Å². The summed E-state index contributed by atoms with van der Waals surface area (Å²) in [6, 6.07) is 10.9. The Morgan fingerprint density at radius 2 is 1.96 bits per heavy atom. The van der Waals surface area contributed by atoms with Gasteiger partial charge in [-0.15, -0.1) is 0 Å². The van der Waals surface area contributed by atoms with Crippen molar-refractivity contribution in [1.82, 2.24) is 4.90 Å². The molecule has 5 heteroatoms. The van der Waals surface area contributed by atoms with Gasteiger partial charge in [0.15, 0.2) is 17.3 Å². The number of rotatable bonds is 3. The number of hydrogen-bond acceptors (Lipinski definition) is 5. The standard InChI is InChI=1S/C21H21NO4/c1-22-11-10-14-12-17(25-2)20(19-16(23)9-8-15(22)18(14)19)26-21(24)13-6-4-3-5-7-13/h3-7,12,15H,8-11H2,1-2H3. The summed E-state index contributed by atoms with van der Waals surface area (Å²) in [7, 11) is 3.61. The number of ketones is 1. The van der Waals surface area contributed by atoms with E-state index in [0.29, 0.717) is 23.3 Å². The van der Waals surface area contributed by atoms with Crippen LogP contribution in [0.5, 0.6) is 11.5 Å². The maximum absolute atomic E-state index is 12.8. The first-order valence-electron chi connectivity index (χ1n) is 8.84. The van der Waals surface area contributed by atoms with Gasteiger partial charge in [-0.05, 0) is 49.2 Å². The molecular weight excluding hydrogens is 330 g/mol. The van der Waals surface area contributed by atoms with Gasteiger partial charge >= 0.3 is 5.97 Å². The summed E-state index contributed by atoms with van der Waals surface area (Å²) < 4.78 is 11.2. The highest BCUT2D eigenvalue weighted by Crippen LogP contribution is 2.47. The average Bonchev–Trinajstić information content (AvgIpc) is 2.67. The lowest BCUT2D eigenvalue weighted by atomic mass is 9.79. The van der Waals surface area contributed by atoms with E-state index in [4.69, 9.17) is 9.47 Å². The smallest absolute Gasteiger partial charge is 0.343 e. The zero-order valence-corrected chi connectivity index (χ0v) is 15.0. The van der Waals surface area contributed by atoms with Gasteiger partial charge in [0.2, 0.25) is 0 Å². The zero-order valence-electron chi connectivity index (χ0n) is 15.0. The molecule has 2 aromatic rings. The third kappa shape index (κ3) is 2.69. The summed E-state index contributed by atoms with van der Waals surface area (Å²) in [5.41, 5.74) is 3.09. The Balaban J connectivity index is 1.84. The molecule has 0 saturated heterocycles. The third-order valence-electron chi connectivity index (χ3n) is 5.32. The van der Waals surface area contributed by atoms with Crippen molar-refractivity contribution in [2.75, 3.05) is 20.7 Å². The minimum absolute atomic E-state index is 0.0163. The monoisotopic (exact) mass is 351 g/mol. The van der Waals surface area contributed by atoms with Crippen molar-refractivity contribution >= 4 is 11.8 Å². The second kappa shape index (κ2) is 6.57. The van der Waals surface area contributed by atoms with Crippen LogP contribution in [0.3, 0.4) is 0 Å². The van der Waals surface area contributed by atoms with Crippen molar-refractivity contribution < 1.29 is 19.1 Å². The van der Waals surface area contributed by atoms with E-state index >= 15 is 0 Å². The molecule has 1 heterocycles. The summed E-state index contributed by atoms with van der Waals surface area (Å²) in [5.74, 6) is 0.230. The van der Waals surface area contributed by atoms with E-state index in [0.717, 1.165) is 30.5 Å². The van der Waals surface area contributed by atoms with E-state index in [9.17, 15) is 9.59 Å². The maximum atomic E-state index is 12.8. The van der Waals surface area contributed by atoms with Crippen LogP contribution in [-0.4, -0.2) is 37.4 Å². The van der Waals surface area contributed by atoms with Crippen LogP contribution in [0, 0.1) is 0 Å². The number of carbonyl (C=O) groups excluding carboxylic acids is 2. The van der Waals surface area contributed by atoms with Gasteiger partial charge in [0, 0.05) is 19.0 Å². The Morgan fingerprint density at radius 3 is 2.69 bits per heavy atom. The number of Topliss-reactive ketones (excluding diaryl/α,β-unsaturated/α-hetero) is 1. The average molecular weight is 351 g/mol. The molecule has 0 radical (unpaired) electrons. The Hall–Kier alpha value is -2.66. The number of ether oxygens (including phenoxy) is 2. The molecular formula is C21H21NO4. The quantitative estimate of drug-likeness (QED) is 0.626. The minimum atomic E-state index is -0.487. The molecule has 0 fully saturated rings. The molecule has 0 N–H and O–H groups in total. The number of methoxy groups -OCH3 is 1. The van der Waals surface area contributed by atoms with Crippen LogP contribution in [0.1, 0.15) is 50.7 Å². The van der Waals surface area contributed by atoms with Gasteiger partial charge in [-0.25, -0.2) is 4.79 Å². The fourth-order valence-corrected chi connectivity index (χ4v) is 3.98. The molecule has 0 bridgehead atoms. The molecule has 26 heavy (non-hydrogen) atoms. The SMILES string of the molecule is COc1cc2c3c(c1OC(=O)c1ccccc1)C(=O)CCC3N(C)CC2. The van der Waals surface area contributed by atoms with Crippen molar-refractivity contribution in [1.29, 1.82) is 0 Å². The molecule has 1 unspecified atom stereocenters. The first kappa shape index (κ1) is 16.8. The summed E-state index contributed by atoms with van der Waals surface area (Å²) in [5, 5.41) is 0. The number of likely N-dealkylation sites (N-methyl/N-ethyl adjacent to an activating group) is 1. The van der Waals surface area contributed by atoms with Crippen molar-refractivity contribution in [3.8, 4) is 11.5 Å². The summed E-state index contributed by atoms with van der Waals surface area (Å²) in [6.07, 6.45) is 2.10. The van der Waals surface area contributed by atoms with Crippen molar-refractivity contribution in [3.05, 3.63) is 58.7 Å². The van der Waals surface area contributed by atoms with Crippen LogP contribution in [-0.2, 0) is 6.42 Å². The van der Waals surface area contributed by atoms with Gasteiger partial charge in [0.05, 0.1) is 18.2 Å². The van der Waals surface area contributed by atoms with Gasteiger partial charge in [-0.3, -0.25) is 9.69 Å². The van der Waals surface area contributed by atoms with E-state index in [1.165, 1.54) is 7.11 Å². The Bertz CT molecular complexity index is 875. The number of carbonyl (C=O) groups is 2. The molecule has 1 aliphatic carbocycles. The summed E-state index contributed by atoms with van der Waals surface area (Å²) in [4.78, 5) is 27.6. The van der Waals surface area contributed by atoms with Crippen LogP contribution in [0.2, 0.25) is 0 Å². The van der Waals surface area contributed by atoms with Crippen LogP contribution >= 0.6 is 0 Å². The van der Waals surface area contributed by atoms with E-state index in [1.807, 2.05) is 12.1 Å². The molecule has 2 aliphatic rings. The number of benzene rings is 2. The number of hydrogen-bond donors (Lipinski definition) is 0. The van der Waals surface area contributed by atoms with Gasteiger partial charge < -0.3 is 9.47 Å². The lowest BCUT2D eigenvalue weighted by Crippen LogP contribution is -2.36. The fraction of sp³-hybridized carbons (Fsp3) is 0.333. The largest absolute Gasteiger partial charge is 0.493 e. The summed E-state index contributed by atoms with van der Waals surface area (Å²) in [6.45, 7) is 0.942. The van der Waals surface area contributed by atoms with Crippen LogP contribution in [0.4, 0.5) is 0 Å². The van der Waals surface area contributed by atoms with Crippen molar-refractivity contribution in [3.63, 3.8) is 0 Å². The highest BCUT2D eigenvalue weighted by molar-refractivity contribution is 6.04. The van der Waals surface area contributed by atoms with E-state index in [2.05, 4.69) is 11.9 Å². The van der Waals surface area contributed by atoms with Crippen LogP contribution < -0.4 is 9.47 Å². The van der Waals surface area contributed by atoms with Gasteiger partial charge in [-0.2, -0.15) is 0 Å². The first-order chi connectivity index (χ1) is 12.6. The Morgan fingerprint density at radius 1 is 1.19 bits per heavy atom. The van der Waals surface area contributed by atoms with E-state index < -0.39 is 5.97 Å². The Kier molecular flexibility index (Phi) is 4.24. The molecule has 1 atom stereocenters. The normalized spacial score (nSPS) is 19.0. The van der Waals surface area contributed by atoms with Crippen molar-refractivity contribution in [2.24, 2.45) is 0 Å². The van der Waals surface area contributed by atoms with Crippen LogP contribution in [0.25, 0.3) is 0 Å². The first-order valence-corrected chi connectivity index (χ1v) is 8.84. The zero-order chi connectivity index (χ0) is 18.3. The lowest BCUT2D eigenvalue weighted by Gasteiger charge is -2.39. The second-order valence-electron chi connectivity index (χ2n) is 6.82. The topological polar surface area (TPSA) is 55.8 Å². The predicted molar refractivity (Wildman–Crippen MR) is 97.0 cm³/mol. The van der Waals surface area contributed by atoms with Gasteiger partial charge in [0.25, 0.3) is 0 Å². The number of esters is 1. The molecule has 0 aromatic heterocycles. The molecule has 134 valence electrons. The predicted octanol–water partition coefficient (Wildman–Crippen LogP) is 3.42. The third-order valence-corrected chi connectivity index (χ3v) is 5.32. The van der Waals surface area contributed by atoms with Gasteiger partial charge in [0.1, 0.15) is 0 Å². The second-order valence-corrected chi connectivity index (χ2v) is 6.82. The molecule has 5 nitrogen and oxygen atoms in total.